The van der Waals surface area contributed by atoms with Crippen LogP contribution in [0.15, 0.2) is 18.3 Å². The van der Waals surface area contributed by atoms with Crippen molar-refractivity contribution in [2.75, 3.05) is 12.5 Å². The molecule has 1 heterocycles. The minimum Gasteiger partial charge on any atom is -0.381 e. The van der Waals surface area contributed by atoms with Gasteiger partial charge < -0.3 is 15.5 Å². The fraction of sp³-hybridized carbons (Fsp3) is 0.538. The Morgan fingerprint density at radius 3 is 2.74 bits per heavy atom. The standard InChI is InChI=1S/C13H20N4O2/c1-13(2)10(6-11(13)19-3)16-12(18)9-5-4-8(17-14)7-15-9/h4-5,7,10-11,17H,6,14H2,1-3H3,(H,16,18). The number of anilines is 1. The number of nitrogens with two attached hydrogens (primary N) is 1. The Kier molecular flexibility index (Phi) is 3.73. The Bertz CT molecular complexity index is 458. The molecule has 0 radical (unpaired) electrons. The van der Waals surface area contributed by atoms with Crippen LogP contribution in [-0.2, 0) is 4.74 Å². The van der Waals surface area contributed by atoms with Crippen molar-refractivity contribution in [1.29, 1.82) is 0 Å². The smallest absolute Gasteiger partial charge is 0.270 e. The molecule has 1 amide bonds. The van der Waals surface area contributed by atoms with Gasteiger partial charge in [0.25, 0.3) is 5.91 Å². The molecule has 6 heteroatoms. The second-order valence-corrected chi connectivity index (χ2v) is 5.38. The largest absolute Gasteiger partial charge is 0.381 e. The van der Waals surface area contributed by atoms with Gasteiger partial charge in [0.15, 0.2) is 0 Å². The summed E-state index contributed by atoms with van der Waals surface area (Å²) in [5.74, 6) is 5.08. The van der Waals surface area contributed by atoms with E-state index in [1.165, 1.54) is 6.20 Å². The number of amides is 1. The third-order valence-corrected chi connectivity index (χ3v) is 3.93. The molecule has 1 aliphatic rings. The highest BCUT2D eigenvalue weighted by atomic mass is 16.5. The molecule has 0 spiro atoms. The van der Waals surface area contributed by atoms with Crippen LogP contribution in [0.3, 0.4) is 0 Å². The first-order chi connectivity index (χ1) is 8.98. The quantitative estimate of drug-likeness (QED) is 0.555. The Balaban J connectivity index is 1.98. The zero-order chi connectivity index (χ0) is 14.0. The number of aromatic nitrogens is 1. The number of hydrogen-bond acceptors (Lipinski definition) is 5. The third-order valence-electron chi connectivity index (χ3n) is 3.93. The Hall–Kier alpha value is -1.66. The summed E-state index contributed by atoms with van der Waals surface area (Å²) in [5, 5.41) is 2.99. The fourth-order valence-corrected chi connectivity index (χ4v) is 2.38. The predicted octanol–water partition coefficient (Wildman–Crippen LogP) is 0.910. The van der Waals surface area contributed by atoms with Gasteiger partial charge in [0, 0.05) is 18.6 Å². The van der Waals surface area contributed by atoms with Gasteiger partial charge >= 0.3 is 0 Å². The highest BCUT2D eigenvalue weighted by molar-refractivity contribution is 5.92. The summed E-state index contributed by atoms with van der Waals surface area (Å²) in [5.41, 5.74) is 3.47. The van der Waals surface area contributed by atoms with Crippen LogP contribution in [-0.4, -0.2) is 30.1 Å². The first kappa shape index (κ1) is 13.8. The molecule has 0 aromatic carbocycles. The van der Waals surface area contributed by atoms with Gasteiger partial charge in [0.1, 0.15) is 5.69 Å². The summed E-state index contributed by atoms with van der Waals surface area (Å²) in [6.07, 6.45) is 2.55. The Morgan fingerprint density at radius 2 is 2.26 bits per heavy atom. The lowest BCUT2D eigenvalue weighted by Gasteiger charge is -2.51. The number of nitrogens with zero attached hydrogens (tertiary/aromatic N) is 1. The van der Waals surface area contributed by atoms with Gasteiger partial charge in [-0.15, -0.1) is 0 Å². The number of methoxy groups -OCH3 is 1. The molecule has 0 aliphatic heterocycles. The van der Waals surface area contributed by atoms with Crippen LogP contribution in [0.2, 0.25) is 0 Å². The lowest BCUT2D eigenvalue weighted by Crippen LogP contribution is -2.61. The van der Waals surface area contributed by atoms with E-state index in [1.54, 1.807) is 19.2 Å². The number of carbonyl (C=O) groups excluding carboxylic acids is 1. The maximum Gasteiger partial charge on any atom is 0.270 e. The predicted molar refractivity (Wildman–Crippen MR) is 72.5 cm³/mol. The van der Waals surface area contributed by atoms with Gasteiger partial charge in [-0.2, -0.15) is 0 Å². The average molecular weight is 264 g/mol. The molecule has 2 atom stereocenters. The van der Waals surface area contributed by atoms with Crippen molar-refractivity contribution in [3.05, 3.63) is 24.0 Å². The van der Waals surface area contributed by atoms with Crippen molar-refractivity contribution in [3.63, 3.8) is 0 Å². The number of pyridine rings is 1. The molecule has 4 N–H and O–H groups in total. The first-order valence-corrected chi connectivity index (χ1v) is 6.25. The number of nitrogens with one attached hydrogen (secondary N) is 2. The van der Waals surface area contributed by atoms with Gasteiger partial charge in [-0.05, 0) is 18.6 Å². The normalized spacial score (nSPS) is 24.4. The molecule has 0 saturated heterocycles. The van der Waals surface area contributed by atoms with Crippen molar-refractivity contribution in [3.8, 4) is 0 Å². The van der Waals surface area contributed by atoms with Crippen molar-refractivity contribution in [2.24, 2.45) is 11.3 Å². The van der Waals surface area contributed by atoms with Crippen LogP contribution in [0.4, 0.5) is 5.69 Å². The lowest BCUT2D eigenvalue weighted by atomic mass is 9.64. The Morgan fingerprint density at radius 1 is 1.53 bits per heavy atom. The Labute approximate surface area is 112 Å². The number of nitrogen functional groups attached to an aromatic ring is 1. The van der Waals surface area contributed by atoms with Crippen LogP contribution in [0.25, 0.3) is 0 Å². The van der Waals surface area contributed by atoms with Crippen LogP contribution in [0, 0.1) is 5.41 Å². The fourth-order valence-electron chi connectivity index (χ4n) is 2.38. The van der Waals surface area contributed by atoms with Gasteiger partial charge in [-0.25, -0.2) is 4.98 Å². The number of hydrogen-bond donors (Lipinski definition) is 3. The molecular formula is C13H20N4O2. The zero-order valence-electron chi connectivity index (χ0n) is 11.4. The van der Waals surface area contributed by atoms with E-state index in [9.17, 15) is 4.79 Å². The van der Waals surface area contributed by atoms with E-state index in [2.05, 4.69) is 29.6 Å². The minimum absolute atomic E-state index is 0.0524. The summed E-state index contributed by atoms with van der Waals surface area (Å²) < 4.78 is 5.36. The van der Waals surface area contributed by atoms with E-state index in [1.807, 2.05) is 0 Å². The third kappa shape index (κ3) is 2.54. The number of hydrazine groups is 1. The van der Waals surface area contributed by atoms with Crippen LogP contribution >= 0.6 is 0 Å². The highest BCUT2D eigenvalue weighted by Crippen LogP contribution is 2.42. The summed E-state index contributed by atoms with van der Waals surface area (Å²) in [6.45, 7) is 4.18. The second kappa shape index (κ2) is 5.14. The molecule has 1 saturated carbocycles. The molecule has 0 bridgehead atoms. The molecule has 2 unspecified atom stereocenters. The molecule has 2 rings (SSSR count). The molecular weight excluding hydrogens is 244 g/mol. The number of carbonyl (C=O) groups is 1. The second-order valence-electron chi connectivity index (χ2n) is 5.38. The number of rotatable bonds is 4. The van der Waals surface area contributed by atoms with E-state index in [4.69, 9.17) is 10.6 Å². The van der Waals surface area contributed by atoms with Gasteiger partial charge in [0.2, 0.25) is 0 Å². The maximum atomic E-state index is 12.1. The van der Waals surface area contributed by atoms with Crippen LogP contribution in [0.1, 0.15) is 30.8 Å². The van der Waals surface area contributed by atoms with Gasteiger partial charge in [-0.1, -0.05) is 13.8 Å². The van der Waals surface area contributed by atoms with Crippen molar-refractivity contribution in [2.45, 2.75) is 32.4 Å². The van der Waals surface area contributed by atoms with Crippen molar-refractivity contribution >= 4 is 11.6 Å². The summed E-state index contributed by atoms with van der Waals surface area (Å²) in [6, 6.07) is 3.47. The highest BCUT2D eigenvalue weighted by Gasteiger charge is 2.49. The monoisotopic (exact) mass is 264 g/mol. The summed E-state index contributed by atoms with van der Waals surface area (Å²) >= 11 is 0. The molecule has 104 valence electrons. The first-order valence-electron chi connectivity index (χ1n) is 6.25. The topological polar surface area (TPSA) is 89.3 Å². The zero-order valence-corrected chi connectivity index (χ0v) is 11.4. The van der Waals surface area contributed by atoms with Crippen molar-refractivity contribution in [1.82, 2.24) is 10.3 Å². The number of ether oxygens (including phenoxy) is 1. The van der Waals surface area contributed by atoms with Crippen molar-refractivity contribution < 1.29 is 9.53 Å². The molecule has 1 aliphatic carbocycles. The van der Waals surface area contributed by atoms with E-state index in [0.29, 0.717) is 11.4 Å². The van der Waals surface area contributed by atoms with Gasteiger partial charge in [-0.3, -0.25) is 10.6 Å². The molecule has 19 heavy (non-hydrogen) atoms. The SMILES string of the molecule is COC1CC(NC(=O)c2ccc(NN)cn2)C1(C)C. The van der Waals surface area contributed by atoms with E-state index in [-0.39, 0.29) is 23.5 Å². The van der Waals surface area contributed by atoms with E-state index < -0.39 is 0 Å². The minimum atomic E-state index is -0.170. The van der Waals surface area contributed by atoms with E-state index in [0.717, 1.165) is 6.42 Å². The maximum absolute atomic E-state index is 12.1. The molecule has 1 aromatic heterocycles. The van der Waals surface area contributed by atoms with E-state index >= 15 is 0 Å². The average Bonchev–Trinajstić information content (AvgIpc) is 2.42. The molecule has 1 fully saturated rings. The summed E-state index contributed by atoms with van der Waals surface area (Å²) in [7, 11) is 1.70. The van der Waals surface area contributed by atoms with Crippen LogP contribution in [0.5, 0.6) is 0 Å². The summed E-state index contributed by atoms with van der Waals surface area (Å²) in [4.78, 5) is 16.1. The molecule has 6 nitrogen and oxygen atoms in total. The molecule has 1 aromatic rings. The lowest BCUT2D eigenvalue weighted by molar-refractivity contribution is -0.0942. The van der Waals surface area contributed by atoms with Gasteiger partial charge in [0.05, 0.1) is 18.0 Å². The van der Waals surface area contributed by atoms with Crippen LogP contribution < -0.4 is 16.6 Å².